The van der Waals surface area contributed by atoms with Gasteiger partial charge in [0.1, 0.15) is 17.3 Å². The molecule has 1 aromatic heterocycles. The third kappa shape index (κ3) is 4.95. The summed E-state index contributed by atoms with van der Waals surface area (Å²) in [6.07, 6.45) is 0. The Morgan fingerprint density at radius 3 is 2.37 bits per heavy atom. The maximum atomic E-state index is 12.9. The van der Waals surface area contributed by atoms with Gasteiger partial charge in [0.2, 0.25) is 5.91 Å². The first-order chi connectivity index (χ1) is 12.9. The predicted octanol–water partition coefficient (Wildman–Crippen LogP) is 2.11. The molecule has 2 heterocycles. The van der Waals surface area contributed by atoms with Crippen LogP contribution in [0.15, 0.2) is 34.7 Å². The van der Waals surface area contributed by atoms with Crippen molar-refractivity contribution in [3.63, 3.8) is 0 Å². The fourth-order valence-electron chi connectivity index (χ4n) is 3.18. The van der Waals surface area contributed by atoms with Gasteiger partial charge in [0.25, 0.3) is 5.91 Å². The van der Waals surface area contributed by atoms with E-state index in [-0.39, 0.29) is 24.2 Å². The van der Waals surface area contributed by atoms with E-state index in [9.17, 15) is 14.0 Å². The molecule has 144 valence electrons. The Morgan fingerprint density at radius 2 is 1.78 bits per heavy atom. The van der Waals surface area contributed by atoms with Gasteiger partial charge in [0.15, 0.2) is 0 Å². The van der Waals surface area contributed by atoms with Crippen LogP contribution in [0.1, 0.15) is 27.4 Å². The first kappa shape index (κ1) is 19.1. The highest BCUT2D eigenvalue weighted by Crippen LogP contribution is 2.17. The standard InChI is InChI=1S/C20H24FN3O3/c1-14-11-18(15(2)27-14)20(26)24-9-7-23(8-10-24)13-19(25)22-12-16-3-5-17(21)6-4-16/h3-6,11H,7-10,12-13H2,1-2H3,(H,22,25). The van der Waals surface area contributed by atoms with Gasteiger partial charge in [-0.3, -0.25) is 14.5 Å². The number of benzene rings is 1. The second-order valence-corrected chi connectivity index (χ2v) is 6.80. The third-order valence-electron chi connectivity index (χ3n) is 4.70. The van der Waals surface area contributed by atoms with Crippen LogP contribution in [-0.4, -0.2) is 54.3 Å². The van der Waals surface area contributed by atoms with Crippen LogP contribution in [0.4, 0.5) is 4.39 Å². The molecule has 6 nitrogen and oxygen atoms in total. The van der Waals surface area contributed by atoms with Crippen LogP contribution < -0.4 is 5.32 Å². The van der Waals surface area contributed by atoms with E-state index in [2.05, 4.69) is 5.32 Å². The van der Waals surface area contributed by atoms with Crippen LogP contribution in [0.3, 0.4) is 0 Å². The largest absolute Gasteiger partial charge is 0.466 e. The summed E-state index contributed by atoms with van der Waals surface area (Å²) in [7, 11) is 0. The van der Waals surface area contributed by atoms with Crippen molar-refractivity contribution < 1.29 is 18.4 Å². The van der Waals surface area contributed by atoms with Crippen LogP contribution in [-0.2, 0) is 11.3 Å². The van der Waals surface area contributed by atoms with E-state index in [0.29, 0.717) is 44.0 Å². The van der Waals surface area contributed by atoms with E-state index in [1.807, 2.05) is 11.8 Å². The fourth-order valence-corrected chi connectivity index (χ4v) is 3.18. The van der Waals surface area contributed by atoms with Gasteiger partial charge in [-0.15, -0.1) is 0 Å². The summed E-state index contributed by atoms with van der Waals surface area (Å²) in [5.41, 5.74) is 1.46. The predicted molar refractivity (Wildman–Crippen MR) is 98.8 cm³/mol. The number of hydrogen-bond acceptors (Lipinski definition) is 4. The lowest BCUT2D eigenvalue weighted by Crippen LogP contribution is -2.51. The number of nitrogens with one attached hydrogen (secondary N) is 1. The summed E-state index contributed by atoms with van der Waals surface area (Å²) < 4.78 is 18.3. The lowest BCUT2D eigenvalue weighted by Gasteiger charge is -2.34. The molecule has 0 aliphatic carbocycles. The molecule has 3 rings (SSSR count). The Morgan fingerprint density at radius 1 is 1.11 bits per heavy atom. The molecule has 1 N–H and O–H groups in total. The van der Waals surface area contributed by atoms with Gasteiger partial charge in [-0.2, -0.15) is 0 Å². The summed E-state index contributed by atoms with van der Waals surface area (Å²) >= 11 is 0. The van der Waals surface area contributed by atoms with Crippen molar-refractivity contribution in [2.45, 2.75) is 20.4 Å². The average Bonchev–Trinajstić information content (AvgIpc) is 2.99. The SMILES string of the molecule is Cc1cc(C(=O)N2CCN(CC(=O)NCc3ccc(F)cc3)CC2)c(C)o1. The quantitative estimate of drug-likeness (QED) is 0.872. The lowest BCUT2D eigenvalue weighted by atomic mass is 10.2. The van der Waals surface area contributed by atoms with E-state index in [1.54, 1.807) is 30.0 Å². The van der Waals surface area contributed by atoms with Crippen LogP contribution >= 0.6 is 0 Å². The fraction of sp³-hybridized carbons (Fsp3) is 0.400. The Labute approximate surface area is 157 Å². The highest BCUT2D eigenvalue weighted by atomic mass is 19.1. The second-order valence-electron chi connectivity index (χ2n) is 6.80. The van der Waals surface area contributed by atoms with Crippen molar-refractivity contribution >= 4 is 11.8 Å². The van der Waals surface area contributed by atoms with Crippen molar-refractivity contribution in [2.24, 2.45) is 0 Å². The van der Waals surface area contributed by atoms with Gasteiger partial charge < -0.3 is 14.6 Å². The molecule has 0 saturated carbocycles. The van der Waals surface area contributed by atoms with Gasteiger partial charge in [-0.25, -0.2) is 4.39 Å². The number of halogens is 1. The molecule has 1 fully saturated rings. The summed E-state index contributed by atoms with van der Waals surface area (Å²) in [5.74, 6) is 0.968. The highest BCUT2D eigenvalue weighted by Gasteiger charge is 2.25. The molecule has 0 bridgehead atoms. The molecule has 1 aromatic carbocycles. The topological polar surface area (TPSA) is 65.8 Å². The zero-order valence-corrected chi connectivity index (χ0v) is 15.6. The van der Waals surface area contributed by atoms with Gasteiger partial charge in [0.05, 0.1) is 12.1 Å². The lowest BCUT2D eigenvalue weighted by molar-refractivity contribution is -0.122. The van der Waals surface area contributed by atoms with Crippen LogP contribution in [0.25, 0.3) is 0 Å². The van der Waals surface area contributed by atoms with Crippen molar-refractivity contribution in [3.8, 4) is 0 Å². The van der Waals surface area contributed by atoms with E-state index in [1.165, 1.54) is 12.1 Å². The first-order valence-corrected chi connectivity index (χ1v) is 9.02. The summed E-state index contributed by atoms with van der Waals surface area (Å²) in [6, 6.07) is 7.83. The van der Waals surface area contributed by atoms with Crippen LogP contribution in [0, 0.1) is 19.7 Å². The van der Waals surface area contributed by atoms with Crippen LogP contribution in [0.2, 0.25) is 0 Å². The van der Waals surface area contributed by atoms with Crippen LogP contribution in [0.5, 0.6) is 0 Å². The van der Waals surface area contributed by atoms with Crippen molar-refractivity contribution in [1.29, 1.82) is 0 Å². The van der Waals surface area contributed by atoms with E-state index in [4.69, 9.17) is 4.42 Å². The smallest absolute Gasteiger partial charge is 0.257 e. The van der Waals surface area contributed by atoms with Gasteiger partial charge in [-0.05, 0) is 37.6 Å². The minimum atomic E-state index is -0.293. The number of carbonyl (C=O) groups is 2. The molecule has 7 heteroatoms. The zero-order valence-electron chi connectivity index (χ0n) is 15.6. The number of nitrogens with zero attached hydrogens (tertiary/aromatic N) is 2. The minimum absolute atomic E-state index is 0.0234. The maximum Gasteiger partial charge on any atom is 0.257 e. The highest BCUT2D eigenvalue weighted by molar-refractivity contribution is 5.95. The zero-order chi connectivity index (χ0) is 19.4. The molecular weight excluding hydrogens is 349 g/mol. The van der Waals surface area contributed by atoms with E-state index < -0.39 is 0 Å². The first-order valence-electron chi connectivity index (χ1n) is 9.02. The molecule has 0 radical (unpaired) electrons. The molecule has 1 saturated heterocycles. The van der Waals surface area contributed by atoms with E-state index >= 15 is 0 Å². The Bertz CT molecular complexity index is 808. The van der Waals surface area contributed by atoms with Crippen molar-refractivity contribution in [3.05, 3.63) is 58.8 Å². The number of amides is 2. The molecule has 0 unspecified atom stereocenters. The summed E-state index contributed by atoms with van der Waals surface area (Å²) in [5, 5.41) is 2.84. The maximum absolute atomic E-state index is 12.9. The monoisotopic (exact) mass is 373 g/mol. The van der Waals surface area contributed by atoms with Crippen molar-refractivity contribution in [2.75, 3.05) is 32.7 Å². The molecule has 1 aliphatic heterocycles. The van der Waals surface area contributed by atoms with Gasteiger partial charge in [-0.1, -0.05) is 12.1 Å². The molecule has 2 aromatic rings. The molecule has 0 atom stereocenters. The number of aryl methyl sites for hydroxylation is 2. The Kier molecular flexibility index (Phi) is 5.91. The molecular formula is C20H24FN3O3. The minimum Gasteiger partial charge on any atom is -0.466 e. The summed E-state index contributed by atoms with van der Waals surface area (Å²) in [4.78, 5) is 28.5. The molecule has 0 spiro atoms. The number of rotatable bonds is 5. The molecule has 1 aliphatic rings. The Hall–Kier alpha value is -2.67. The second kappa shape index (κ2) is 8.35. The Balaban J connectivity index is 1.43. The number of carbonyl (C=O) groups excluding carboxylic acids is 2. The van der Waals surface area contributed by atoms with Crippen molar-refractivity contribution in [1.82, 2.24) is 15.1 Å². The third-order valence-corrected chi connectivity index (χ3v) is 4.70. The van der Waals surface area contributed by atoms with E-state index in [0.717, 1.165) is 11.3 Å². The normalized spacial score (nSPS) is 15.0. The average molecular weight is 373 g/mol. The number of furan rings is 1. The van der Waals surface area contributed by atoms with Gasteiger partial charge >= 0.3 is 0 Å². The number of hydrogen-bond donors (Lipinski definition) is 1. The molecule has 2 amide bonds. The molecule has 27 heavy (non-hydrogen) atoms. The van der Waals surface area contributed by atoms with Gasteiger partial charge in [0, 0.05) is 32.7 Å². The summed E-state index contributed by atoms with van der Waals surface area (Å²) in [6.45, 7) is 6.72. The number of piperazine rings is 1.